The minimum atomic E-state index is -1.95. The fourth-order valence-electron chi connectivity index (χ4n) is 0.895. The molecule has 13 heavy (non-hydrogen) atoms. The molecule has 0 spiro atoms. The molecule has 1 N–H and O–H groups in total. The second-order valence-corrected chi connectivity index (χ2v) is 2.64. The molecule has 0 saturated heterocycles. The molecule has 0 aliphatic carbocycles. The van der Waals surface area contributed by atoms with E-state index in [1.807, 2.05) is 6.92 Å². The van der Waals surface area contributed by atoms with Gasteiger partial charge in [-0.05, 0) is 6.42 Å². The summed E-state index contributed by atoms with van der Waals surface area (Å²) in [4.78, 5) is 25.8. The molecule has 5 heteroatoms. The molecule has 0 rings (SSSR count). The van der Waals surface area contributed by atoms with E-state index >= 15 is 0 Å². The average molecular weight is 184 g/mol. The van der Waals surface area contributed by atoms with E-state index in [0.717, 1.165) is 12.8 Å². The molecule has 0 radical (unpaired) electrons. The van der Waals surface area contributed by atoms with Gasteiger partial charge in [-0.15, -0.1) is 9.98 Å². The lowest BCUT2D eigenvalue weighted by atomic mass is 10.1. The summed E-state index contributed by atoms with van der Waals surface area (Å²) in [7, 11) is 0. The van der Waals surface area contributed by atoms with Crippen molar-refractivity contribution in [3.05, 3.63) is 0 Å². The van der Waals surface area contributed by atoms with Gasteiger partial charge in [0, 0.05) is 6.42 Å². The van der Waals surface area contributed by atoms with Gasteiger partial charge in [-0.25, -0.2) is 9.59 Å². The van der Waals surface area contributed by atoms with Crippen LogP contribution in [0.1, 0.15) is 32.6 Å². The number of nitrogens with zero attached hydrogens (tertiary/aromatic N) is 2. The Bertz CT molecular complexity index is 222. The van der Waals surface area contributed by atoms with Gasteiger partial charge in [0.2, 0.25) is 12.2 Å². The van der Waals surface area contributed by atoms with Crippen molar-refractivity contribution >= 4 is 12.2 Å². The second kappa shape index (κ2) is 6.26. The summed E-state index contributed by atoms with van der Waals surface area (Å²) < 4.78 is 0. The van der Waals surface area contributed by atoms with E-state index < -0.39 is 5.85 Å². The second-order valence-electron chi connectivity index (χ2n) is 2.64. The van der Waals surface area contributed by atoms with Gasteiger partial charge < -0.3 is 5.11 Å². The summed E-state index contributed by atoms with van der Waals surface area (Å²) in [6.45, 7) is 1.99. The Morgan fingerprint density at radius 1 is 1.23 bits per heavy atom. The largest absolute Gasteiger partial charge is 0.350 e. The zero-order valence-electron chi connectivity index (χ0n) is 7.49. The molecular weight excluding hydrogens is 172 g/mol. The lowest BCUT2D eigenvalue weighted by molar-refractivity contribution is 0.0477. The third-order valence-electron chi connectivity index (χ3n) is 1.57. The van der Waals surface area contributed by atoms with Gasteiger partial charge in [0.25, 0.3) is 5.85 Å². The smallest absolute Gasteiger partial charge is 0.276 e. The van der Waals surface area contributed by atoms with Crippen LogP contribution in [0.3, 0.4) is 0 Å². The number of rotatable bonds is 6. The quantitative estimate of drug-likeness (QED) is 0.378. The van der Waals surface area contributed by atoms with Crippen LogP contribution in [0, 0.1) is 0 Å². The highest BCUT2D eigenvalue weighted by Crippen LogP contribution is 2.16. The molecule has 0 aliphatic heterocycles. The Morgan fingerprint density at radius 2 is 1.77 bits per heavy atom. The molecule has 0 heterocycles. The Labute approximate surface area is 76.2 Å². The Kier molecular flexibility index (Phi) is 5.64. The molecule has 0 atom stereocenters. The lowest BCUT2D eigenvalue weighted by Crippen LogP contribution is -2.22. The molecule has 0 fully saturated rings. The first kappa shape index (κ1) is 11.7. The summed E-state index contributed by atoms with van der Waals surface area (Å²) >= 11 is 0. The Balaban J connectivity index is 4.23. The third kappa shape index (κ3) is 5.04. The van der Waals surface area contributed by atoms with Crippen molar-refractivity contribution in [3.8, 4) is 0 Å². The predicted octanol–water partition coefficient (Wildman–Crippen LogP) is 0.884. The number of unbranched alkanes of at least 4 members (excludes halogenated alkanes) is 2. The van der Waals surface area contributed by atoms with Gasteiger partial charge in [0.05, 0.1) is 0 Å². The molecule has 0 saturated carbocycles. The molecule has 0 aromatic heterocycles. The van der Waals surface area contributed by atoms with Crippen LogP contribution < -0.4 is 0 Å². The first-order valence-corrected chi connectivity index (χ1v) is 4.09. The van der Waals surface area contributed by atoms with Crippen molar-refractivity contribution in [1.82, 2.24) is 0 Å². The number of carbonyl (C=O) groups excluding carboxylic acids is 2. The number of aliphatic hydroxyl groups is 1. The SMILES string of the molecule is CCCCCC(O)(N=C=O)N=C=O. The highest BCUT2D eigenvalue weighted by molar-refractivity contribution is 5.37. The van der Waals surface area contributed by atoms with Crippen LogP contribution in [-0.2, 0) is 9.59 Å². The maximum atomic E-state index is 9.89. The summed E-state index contributed by atoms with van der Waals surface area (Å²) in [5.41, 5.74) is 0. The fraction of sp³-hybridized carbons (Fsp3) is 0.750. The van der Waals surface area contributed by atoms with Crippen LogP contribution in [-0.4, -0.2) is 23.1 Å². The van der Waals surface area contributed by atoms with Gasteiger partial charge in [0.1, 0.15) is 0 Å². The number of aliphatic imine (C=N–C) groups is 2. The standard InChI is InChI=1S/C8H12N2O3/c1-2-3-4-5-8(13,9-6-11)10-7-12/h13H,2-5H2,1H3. The topological polar surface area (TPSA) is 79.1 Å². The van der Waals surface area contributed by atoms with Gasteiger partial charge in [-0.2, -0.15) is 0 Å². The molecule has 0 aromatic carbocycles. The molecule has 72 valence electrons. The molecule has 0 aromatic rings. The number of hydrogen-bond donors (Lipinski definition) is 1. The fourth-order valence-corrected chi connectivity index (χ4v) is 0.895. The van der Waals surface area contributed by atoms with E-state index in [2.05, 4.69) is 9.98 Å². The van der Waals surface area contributed by atoms with Crippen molar-refractivity contribution < 1.29 is 14.7 Å². The molecule has 0 amide bonds. The van der Waals surface area contributed by atoms with E-state index in [1.165, 1.54) is 12.2 Å². The van der Waals surface area contributed by atoms with Crippen molar-refractivity contribution in [2.75, 3.05) is 0 Å². The minimum absolute atomic E-state index is 0.144. The van der Waals surface area contributed by atoms with E-state index in [-0.39, 0.29) is 6.42 Å². The Hall–Kier alpha value is -1.28. The van der Waals surface area contributed by atoms with Crippen LogP contribution in [0.4, 0.5) is 0 Å². The van der Waals surface area contributed by atoms with Gasteiger partial charge >= 0.3 is 0 Å². The molecule has 0 bridgehead atoms. The van der Waals surface area contributed by atoms with Crippen molar-refractivity contribution in [2.24, 2.45) is 9.98 Å². The van der Waals surface area contributed by atoms with E-state index in [1.54, 1.807) is 0 Å². The van der Waals surface area contributed by atoms with Crippen LogP contribution in [0.2, 0.25) is 0 Å². The normalized spacial score (nSPS) is 13.7. The molecular formula is C8H12N2O3. The van der Waals surface area contributed by atoms with E-state index in [9.17, 15) is 14.7 Å². The molecule has 0 unspecified atom stereocenters. The summed E-state index contributed by atoms with van der Waals surface area (Å²) in [5.74, 6) is -1.95. The van der Waals surface area contributed by atoms with Crippen molar-refractivity contribution in [3.63, 3.8) is 0 Å². The van der Waals surface area contributed by atoms with Crippen LogP contribution in [0.5, 0.6) is 0 Å². The van der Waals surface area contributed by atoms with Crippen LogP contribution in [0.15, 0.2) is 9.98 Å². The average Bonchev–Trinajstić information content (AvgIpc) is 2.05. The zero-order valence-corrected chi connectivity index (χ0v) is 7.49. The van der Waals surface area contributed by atoms with E-state index in [4.69, 9.17) is 0 Å². The maximum absolute atomic E-state index is 9.89. The zero-order chi connectivity index (χ0) is 10.2. The summed E-state index contributed by atoms with van der Waals surface area (Å²) in [6.07, 6.45) is 4.98. The van der Waals surface area contributed by atoms with E-state index in [0.29, 0.717) is 6.42 Å². The van der Waals surface area contributed by atoms with Crippen LogP contribution >= 0.6 is 0 Å². The third-order valence-corrected chi connectivity index (χ3v) is 1.57. The van der Waals surface area contributed by atoms with Crippen molar-refractivity contribution in [1.29, 1.82) is 0 Å². The Morgan fingerprint density at radius 3 is 2.15 bits per heavy atom. The summed E-state index contributed by atoms with van der Waals surface area (Å²) in [6, 6.07) is 0. The van der Waals surface area contributed by atoms with Crippen LogP contribution in [0.25, 0.3) is 0 Å². The maximum Gasteiger partial charge on any atom is 0.276 e. The highest BCUT2D eigenvalue weighted by atomic mass is 16.3. The molecule has 0 aliphatic rings. The number of isocyanates is 2. The van der Waals surface area contributed by atoms with Gasteiger partial charge in [-0.3, -0.25) is 0 Å². The lowest BCUT2D eigenvalue weighted by Gasteiger charge is -2.13. The van der Waals surface area contributed by atoms with Gasteiger partial charge in [-0.1, -0.05) is 19.8 Å². The minimum Gasteiger partial charge on any atom is -0.350 e. The molecule has 5 nitrogen and oxygen atoms in total. The number of hydrogen-bond acceptors (Lipinski definition) is 5. The highest BCUT2D eigenvalue weighted by Gasteiger charge is 2.24. The summed E-state index contributed by atoms with van der Waals surface area (Å²) in [5, 5.41) is 9.38. The van der Waals surface area contributed by atoms with Gasteiger partial charge in [0.15, 0.2) is 0 Å². The monoisotopic (exact) mass is 184 g/mol. The van der Waals surface area contributed by atoms with Crippen molar-refractivity contribution in [2.45, 2.75) is 38.5 Å². The first-order valence-electron chi connectivity index (χ1n) is 4.09. The predicted molar refractivity (Wildman–Crippen MR) is 45.3 cm³/mol. The first-order chi connectivity index (χ1) is 6.18.